The molecule has 2 rings (SSSR count). The highest BCUT2D eigenvalue weighted by Crippen LogP contribution is 2.09. The number of nitrogens with one attached hydrogen (secondary N) is 4. The van der Waals surface area contributed by atoms with Crippen LogP contribution < -0.4 is 21.3 Å². The van der Waals surface area contributed by atoms with E-state index in [0.717, 1.165) is 11.1 Å². The van der Waals surface area contributed by atoms with E-state index >= 15 is 0 Å². The van der Waals surface area contributed by atoms with Gasteiger partial charge in [0.25, 0.3) is 0 Å². The maximum Gasteiger partial charge on any atom is 0.408 e. The number of methoxy groups -OCH3 is 1. The highest BCUT2D eigenvalue weighted by molar-refractivity contribution is 5.93. The van der Waals surface area contributed by atoms with E-state index in [2.05, 4.69) is 21.3 Å². The molecule has 4 N–H and O–H groups in total. The molecule has 0 saturated carbocycles. The Labute approximate surface area is 247 Å². The minimum atomic E-state index is -1.05. The van der Waals surface area contributed by atoms with Crippen molar-refractivity contribution in [2.45, 2.75) is 65.3 Å². The van der Waals surface area contributed by atoms with Crippen LogP contribution in [0.5, 0.6) is 0 Å². The molecule has 0 aliphatic carbocycles. The van der Waals surface area contributed by atoms with Crippen LogP contribution in [0.3, 0.4) is 0 Å². The second kappa shape index (κ2) is 17.4. The number of hydrogen-bond donors (Lipinski definition) is 4. The fraction of sp³-hybridized carbons (Fsp3) is 0.452. The molecule has 11 nitrogen and oxygen atoms in total. The van der Waals surface area contributed by atoms with Crippen LogP contribution in [-0.4, -0.2) is 61.6 Å². The Balaban J connectivity index is 2.07. The van der Waals surface area contributed by atoms with Crippen molar-refractivity contribution < 1.29 is 33.4 Å². The van der Waals surface area contributed by atoms with Crippen molar-refractivity contribution in [1.29, 1.82) is 0 Å². The first-order valence-corrected chi connectivity index (χ1v) is 14.0. The molecule has 0 heterocycles. The highest BCUT2D eigenvalue weighted by atomic mass is 16.5. The molecule has 0 spiro atoms. The number of hydrogen-bond acceptors (Lipinski definition) is 7. The molecule has 0 aromatic heterocycles. The number of amides is 4. The van der Waals surface area contributed by atoms with Gasteiger partial charge in [-0.05, 0) is 29.4 Å². The Hall–Kier alpha value is -4.41. The van der Waals surface area contributed by atoms with Gasteiger partial charge in [0.05, 0.1) is 13.7 Å². The third kappa shape index (κ3) is 12.0. The summed E-state index contributed by atoms with van der Waals surface area (Å²) >= 11 is 0. The van der Waals surface area contributed by atoms with Crippen molar-refractivity contribution in [3.63, 3.8) is 0 Å². The molecule has 2 aromatic rings. The third-order valence-electron chi connectivity index (χ3n) is 6.30. The lowest BCUT2D eigenvalue weighted by atomic mass is 10.0. The Morgan fingerprint density at radius 2 is 1.33 bits per heavy atom. The summed E-state index contributed by atoms with van der Waals surface area (Å²) in [6.45, 7) is 6.95. The molecule has 0 bridgehead atoms. The summed E-state index contributed by atoms with van der Waals surface area (Å²) in [7, 11) is 1.24. The first-order chi connectivity index (χ1) is 20.0. The zero-order valence-corrected chi connectivity index (χ0v) is 24.8. The first-order valence-electron chi connectivity index (χ1n) is 14.0. The zero-order valence-electron chi connectivity index (χ0n) is 24.8. The summed E-state index contributed by atoms with van der Waals surface area (Å²) < 4.78 is 10.0. The van der Waals surface area contributed by atoms with Crippen LogP contribution in [0.1, 0.15) is 45.2 Å². The molecule has 228 valence electrons. The van der Waals surface area contributed by atoms with Gasteiger partial charge in [-0.15, -0.1) is 0 Å². The van der Waals surface area contributed by atoms with Gasteiger partial charge in [-0.1, -0.05) is 88.4 Å². The molecule has 0 saturated heterocycles. The first kappa shape index (κ1) is 33.8. The Kier molecular flexibility index (Phi) is 14.0. The molecule has 0 aliphatic rings. The standard InChI is InChI=1S/C31H42N4O7/c1-20(2)16-25(30(39)41-5)33-26(36)18-32-28(37)24(17-22-12-8-6-9-13-22)34-29(38)27(21(3)4)35-31(40)42-19-23-14-10-7-11-15-23/h6-15,20-21,24-25,27H,16-19H2,1-5H3,(H,32,37)(H,33,36)(H,34,38)(H,35,40)/t24-,25-,27-/m0/s1. The predicted molar refractivity (Wildman–Crippen MR) is 157 cm³/mol. The van der Waals surface area contributed by atoms with Crippen LogP contribution >= 0.6 is 0 Å². The fourth-order valence-corrected chi connectivity index (χ4v) is 4.11. The van der Waals surface area contributed by atoms with Crippen molar-refractivity contribution in [1.82, 2.24) is 21.3 Å². The van der Waals surface area contributed by atoms with E-state index in [1.165, 1.54) is 7.11 Å². The normalized spacial score (nSPS) is 12.9. The summed E-state index contributed by atoms with van der Waals surface area (Å²) in [5, 5.41) is 10.4. The highest BCUT2D eigenvalue weighted by Gasteiger charge is 2.30. The molecule has 42 heavy (non-hydrogen) atoms. The van der Waals surface area contributed by atoms with E-state index in [4.69, 9.17) is 9.47 Å². The summed E-state index contributed by atoms with van der Waals surface area (Å²) in [6, 6.07) is 15.3. The van der Waals surface area contributed by atoms with Gasteiger partial charge in [0, 0.05) is 6.42 Å². The number of carbonyl (C=O) groups excluding carboxylic acids is 5. The van der Waals surface area contributed by atoms with Gasteiger partial charge in [-0.3, -0.25) is 14.4 Å². The molecular formula is C31H42N4O7. The number of esters is 1. The van der Waals surface area contributed by atoms with Crippen molar-refractivity contribution in [3.8, 4) is 0 Å². The second-order valence-electron chi connectivity index (χ2n) is 10.7. The average Bonchev–Trinajstić information content (AvgIpc) is 2.97. The quantitative estimate of drug-likeness (QED) is 0.236. The lowest BCUT2D eigenvalue weighted by Gasteiger charge is -2.25. The third-order valence-corrected chi connectivity index (χ3v) is 6.30. The largest absolute Gasteiger partial charge is 0.467 e. The number of rotatable bonds is 15. The maximum atomic E-state index is 13.3. The van der Waals surface area contributed by atoms with E-state index in [9.17, 15) is 24.0 Å². The van der Waals surface area contributed by atoms with E-state index in [0.29, 0.717) is 6.42 Å². The smallest absolute Gasteiger partial charge is 0.408 e. The topological polar surface area (TPSA) is 152 Å². The fourth-order valence-electron chi connectivity index (χ4n) is 4.11. The van der Waals surface area contributed by atoms with Crippen molar-refractivity contribution in [2.24, 2.45) is 11.8 Å². The van der Waals surface area contributed by atoms with Crippen LogP contribution in [0.4, 0.5) is 4.79 Å². The molecule has 0 unspecified atom stereocenters. The number of alkyl carbamates (subject to hydrolysis) is 1. The number of carbonyl (C=O) groups is 5. The number of ether oxygens (including phenoxy) is 2. The van der Waals surface area contributed by atoms with Crippen LogP contribution in [0.15, 0.2) is 60.7 Å². The van der Waals surface area contributed by atoms with Crippen molar-refractivity contribution in [2.75, 3.05) is 13.7 Å². The van der Waals surface area contributed by atoms with Crippen LogP contribution in [0, 0.1) is 11.8 Å². The summed E-state index contributed by atoms with van der Waals surface area (Å²) in [4.78, 5) is 63.6. The summed E-state index contributed by atoms with van der Waals surface area (Å²) in [5.41, 5.74) is 1.57. The lowest BCUT2D eigenvalue weighted by Crippen LogP contribution is -2.56. The van der Waals surface area contributed by atoms with Crippen molar-refractivity contribution in [3.05, 3.63) is 71.8 Å². The summed E-state index contributed by atoms with van der Waals surface area (Å²) in [6.07, 6.45) is -0.257. The zero-order chi connectivity index (χ0) is 31.1. The molecule has 0 radical (unpaired) electrons. The van der Waals surface area contributed by atoms with Gasteiger partial charge in [-0.2, -0.15) is 0 Å². The number of benzene rings is 2. The molecule has 11 heteroatoms. The molecule has 2 aromatic carbocycles. The van der Waals surface area contributed by atoms with E-state index < -0.39 is 54.5 Å². The second-order valence-corrected chi connectivity index (χ2v) is 10.7. The average molecular weight is 583 g/mol. The maximum absolute atomic E-state index is 13.3. The van der Waals surface area contributed by atoms with Gasteiger partial charge in [-0.25, -0.2) is 9.59 Å². The predicted octanol–water partition coefficient (Wildman–Crippen LogP) is 2.49. The van der Waals surface area contributed by atoms with Gasteiger partial charge < -0.3 is 30.7 Å². The molecule has 3 atom stereocenters. The van der Waals surface area contributed by atoms with Gasteiger partial charge >= 0.3 is 12.1 Å². The monoisotopic (exact) mass is 582 g/mol. The molecule has 4 amide bonds. The van der Waals surface area contributed by atoms with Gasteiger partial charge in [0.15, 0.2) is 0 Å². The van der Waals surface area contributed by atoms with Crippen LogP contribution in [-0.2, 0) is 41.7 Å². The van der Waals surface area contributed by atoms with E-state index in [-0.39, 0.29) is 24.9 Å². The van der Waals surface area contributed by atoms with Crippen LogP contribution in [0.25, 0.3) is 0 Å². The molecular weight excluding hydrogens is 540 g/mol. The lowest BCUT2D eigenvalue weighted by molar-refractivity contribution is -0.145. The van der Waals surface area contributed by atoms with Crippen LogP contribution in [0.2, 0.25) is 0 Å². The van der Waals surface area contributed by atoms with Crippen molar-refractivity contribution >= 4 is 29.8 Å². The Morgan fingerprint density at radius 3 is 1.88 bits per heavy atom. The molecule has 0 fully saturated rings. The van der Waals surface area contributed by atoms with E-state index in [1.54, 1.807) is 13.8 Å². The Bertz CT molecular complexity index is 1170. The minimum absolute atomic E-state index is 0.0359. The Morgan fingerprint density at radius 1 is 0.738 bits per heavy atom. The van der Waals surface area contributed by atoms with E-state index in [1.807, 2.05) is 74.5 Å². The SMILES string of the molecule is COC(=O)[C@H](CC(C)C)NC(=O)CNC(=O)[C@H](Cc1ccccc1)NC(=O)[C@@H](NC(=O)OCc1ccccc1)C(C)C. The van der Waals surface area contributed by atoms with Gasteiger partial charge in [0.2, 0.25) is 17.7 Å². The minimum Gasteiger partial charge on any atom is -0.467 e. The molecule has 0 aliphatic heterocycles. The summed E-state index contributed by atoms with van der Waals surface area (Å²) in [5.74, 6) is -2.54. The van der Waals surface area contributed by atoms with Gasteiger partial charge in [0.1, 0.15) is 24.7 Å².